The van der Waals surface area contributed by atoms with Crippen LogP contribution in [0.5, 0.6) is 0 Å². The Bertz CT molecular complexity index is 291. The van der Waals surface area contributed by atoms with Gasteiger partial charge in [0.15, 0.2) is 6.29 Å². The number of ether oxygens (including phenoxy) is 1. The second-order valence-corrected chi connectivity index (χ2v) is 5.75. The van der Waals surface area contributed by atoms with Crippen LogP contribution >= 0.6 is 0 Å². The van der Waals surface area contributed by atoms with Crippen molar-refractivity contribution in [3.63, 3.8) is 0 Å². The van der Waals surface area contributed by atoms with Crippen molar-refractivity contribution >= 4 is 5.97 Å². The third-order valence-electron chi connectivity index (χ3n) is 3.85. The molecule has 0 heterocycles. The van der Waals surface area contributed by atoms with Gasteiger partial charge in [0.05, 0.1) is 19.1 Å². The average Bonchev–Trinajstić information content (AvgIpc) is 2.49. The van der Waals surface area contributed by atoms with Gasteiger partial charge in [-0.15, -0.1) is 6.58 Å². The highest BCUT2D eigenvalue weighted by atomic mass is 16.5. The largest absolute Gasteiger partial charge is 0.469 e. The number of aliphatic hydroxyl groups is 3. The fourth-order valence-corrected chi connectivity index (χ4v) is 2.51. The molecular weight excluding hydrogens is 284 g/mol. The summed E-state index contributed by atoms with van der Waals surface area (Å²) in [5, 5.41) is 27.5. The molecule has 2 unspecified atom stereocenters. The molecule has 5 heteroatoms. The minimum atomic E-state index is -1.18. The van der Waals surface area contributed by atoms with Crippen molar-refractivity contribution in [2.75, 3.05) is 7.11 Å². The van der Waals surface area contributed by atoms with Gasteiger partial charge in [-0.05, 0) is 25.7 Å². The van der Waals surface area contributed by atoms with Gasteiger partial charge in [0.25, 0.3) is 0 Å². The van der Waals surface area contributed by atoms with Crippen LogP contribution < -0.4 is 0 Å². The van der Waals surface area contributed by atoms with Crippen molar-refractivity contribution in [2.24, 2.45) is 5.92 Å². The van der Waals surface area contributed by atoms with Gasteiger partial charge in [-0.25, -0.2) is 0 Å². The third kappa shape index (κ3) is 10.8. The number of esters is 1. The second-order valence-electron chi connectivity index (χ2n) is 5.75. The second kappa shape index (κ2) is 13.7. The fourth-order valence-electron chi connectivity index (χ4n) is 2.51. The summed E-state index contributed by atoms with van der Waals surface area (Å²) < 4.78 is 4.70. The first kappa shape index (κ1) is 21.1. The molecule has 0 saturated heterocycles. The van der Waals surface area contributed by atoms with Gasteiger partial charge in [0.2, 0.25) is 0 Å². The van der Waals surface area contributed by atoms with E-state index < -0.39 is 18.3 Å². The highest BCUT2D eigenvalue weighted by molar-refractivity contribution is 5.73. The first-order valence-corrected chi connectivity index (χ1v) is 8.25. The summed E-state index contributed by atoms with van der Waals surface area (Å²) in [6, 6.07) is 0. The van der Waals surface area contributed by atoms with Gasteiger partial charge in [-0.3, -0.25) is 4.79 Å². The van der Waals surface area contributed by atoms with E-state index in [1.807, 2.05) is 0 Å². The molecule has 3 N–H and O–H groups in total. The van der Waals surface area contributed by atoms with Crippen molar-refractivity contribution in [1.82, 2.24) is 0 Å². The smallest absolute Gasteiger partial charge is 0.311 e. The maximum Gasteiger partial charge on any atom is 0.311 e. The van der Waals surface area contributed by atoms with Gasteiger partial charge in [-0.1, -0.05) is 44.6 Å². The minimum Gasteiger partial charge on any atom is -0.469 e. The summed E-state index contributed by atoms with van der Waals surface area (Å²) in [4.78, 5) is 11.6. The zero-order valence-corrected chi connectivity index (χ0v) is 13.7. The number of hydrogen-bond donors (Lipinski definition) is 3. The van der Waals surface area contributed by atoms with E-state index in [9.17, 15) is 9.90 Å². The Kier molecular flexibility index (Phi) is 13.2. The molecule has 0 spiro atoms. The quantitative estimate of drug-likeness (QED) is 0.198. The number of hydrogen-bond acceptors (Lipinski definition) is 5. The SMILES string of the molecule is C=CCC(C(=O)OC)C(O)CCCCCCCCCC(O)O. The van der Waals surface area contributed by atoms with Gasteiger partial charge in [-0.2, -0.15) is 0 Å². The van der Waals surface area contributed by atoms with Crippen molar-refractivity contribution in [3.8, 4) is 0 Å². The summed E-state index contributed by atoms with van der Waals surface area (Å²) in [6.45, 7) is 3.61. The topological polar surface area (TPSA) is 87.0 Å². The molecule has 0 aromatic rings. The molecule has 0 aliphatic rings. The normalized spacial score (nSPS) is 13.9. The first-order chi connectivity index (χ1) is 10.5. The number of methoxy groups -OCH3 is 1. The Balaban J connectivity index is 3.64. The molecule has 0 aliphatic carbocycles. The van der Waals surface area contributed by atoms with E-state index in [0.29, 0.717) is 19.3 Å². The van der Waals surface area contributed by atoms with Crippen LogP contribution in [-0.4, -0.2) is 40.8 Å². The standard InChI is InChI=1S/C17H32O5/c1-3-11-14(17(21)22-2)15(18)12-9-7-5-4-6-8-10-13-16(19)20/h3,14-16,18-20H,1,4-13H2,2H3. The number of aliphatic hydroxyl groups excluding tert-OH is 2. The lowest BCUT2D eigenvalue weighted by atomic mass is 9.94. The van der Waals surface area contributed by atoms with E-state index in [1.54, 1.807) is 6.08 Å². The van der Waals surface area contributed by atoms with E-state index in [-0.39, 0.29) is 5.97 Å². The molecule has 0 aromatic carbocycles. The summed E-state index contributed by atoms with van der Waals surface area (Å²) in [5.74, 6) is -0.883. The Morgan fingerprint density at radius 1 is 1.00 bits per heavy atom. The highest BCUT2D eigenvalue weighted by Crippen LogP contribution is 2.18. The molecule has 2 atom stereocenters. The highest BCUT2D eigenvalue weighted by Gasteiger charge is 2.25. The van der Waals surface area contributed by atoms with Crippen molar-refractivity contribution in [2.45, 2.75) is 76.6 Å². The van der Waals surface area contributed by atoms with Crippen LogP contribution in [0.15, 0.2) is 12.7 Å². The Morgan fingerprint density at radius 3 is 1.95 bits per heavy atom. The van der Waals surface area contributed by atoms with Crippen molar-refractivity contribution in [1.29, 1.82) is 0 Å². The molecular formula is C17H32O5. The van der Waals surface area contributed by atoms with Crippen LogP contribution in [-0.2, 0) is 9.53 Å². The van der Waals surface area contributed by atoms with Crippen LogP contribution in [0.1, 0.15) is 64.2 Å². The van der Waals surface area contributed by atoms with Crippen LogP contribution in [0.2, 0.25) is 0 Å². The lowest BCUT2D eigenvalue weighted by molar-refractivity contribution is -0.149. The van der Waals surface area contributed by atoms with Gasteiger partial charge in [0.1, 0.15) is 0 Å². The molecule has 130 valence electrons. The molecule has 0 bridgehead atoms. The molecule has 22 heavy (non-hydrogen) atoms. The number of rotatable bonds is 14. The maximum atomic E-state index is 11.6. The summed E-state index contributed by atoms with van der Waals surface area (Å²) in [7, 11) is 1.33. The molecule has 0 saturated carbocycles. The lowest BCUT2D eigenvalue weighted by Gasteiger charge is -2.19. The van der Waals surface area contributed by atoms with Crippen LogP contribution in [0.3, 0.4) is 0 Å². The predicted octanol–water partition coefficient (Wildman–Crippen LogP) is 2.53. The van der Waals surface area contributed by atoms with Crippen molar-refractivity contribution < 1.29 is 24.9 Å². The minimum absolute atomic E-state index is 0.376. The molecule has 0 aromatic heterocycles. The summed E-state index contributed by atoms with van der Waals surface area (Å²) in [5.41, 5.74) is 0. The fraction of sp³-hybridized carbons (Fsp3) is 0.824. The Labute approximate surface area is 134 Å². The molecule has 0 fully saturated rings. The molecule has 0 rings (SSSR count). The predicted molar refractivity (Wildman–Crippen MR) is 86.1 cm³/mol. The van der Waals surface area contributed by atoms with Crippen LogP contribution in [0.4, 0.5) is 0 Å². The molecule has 0 radical (unpaired) electrons. The molecule has 0 aliphatic heterocycles. The monoisotopic (exact) mass is 316 g/mol. The Hall–Kier alpha value is -0.910. The lowest BCUT2D eigenvalue weighted by Crippen LogP contribution is -2.28. The summed E-state index contributed by atoms with van der Waals surface area (Å²) in [6.07, 6.45) is 8.36. The molecule has 0 amide bonds. The number of unbranched alkanes of at least 4 members (excludes halogenated alkanes) is 6. The number of carbonyl (C=O) groups excluding carboxylic acids is 1. The zero-order valence-electron chi connectivity index (χ0n) is 13.7. The number of carbonyl (C=O) groups is 1. The van der Waals surface area contributed by atoms with Gasteiger partial charge < -0.3 is 20.1 Å². The van der Waals surface area contributed by atoms with Gasteiger partial charge >= 0.3 is 5.97 Å². The van der Waals surface area contributed by atoms with E-state index in [0.717, 1.165) is 44.9 Å². The van der Waals surface area contributed by atoms with E-state index in [1.165, 1.54) is 7.11 Å². The van der Waals surface area contributed by atoms with Crippen LogP contribution in [0.25, 0.3) is 0 Å². The summed E-state index contributed by atoms with van der Waals surface area (Å²) >= 11 is 0. The molecule has 5 nitrogen and oxygen atoms in total. The van der Waals surface area contributed by atoms with E-state index >= 15 is 0 Å². The number of allylic oxidation sites excluding steroid dienone is 1. The third-order valence-corrected chi connectivity index (χ3v) is 3.85. The first-order valence-electron chi connectivity index (χ1n) is 8.25. The van der Waals surface area contributed by atoms with E-state index in [4.69, 9.17) is 14.9 Å². The average molecular weight is 316 g/mol. The maximum absolute atomic E-state index is 11.6. The zero-order chi connectivity index (χ0) is 16.8. The van der Waals surface area contributed by atoms with E-state index in [2.05, 4.69) is 6.58 Å². The van der Waals surface area contributed by atoms with Gasteiger partial charge in [0, 0.05) is 0 Å². The Morgan fingerprint density at radius 2 is 1.50 bits per heavy atom. The van der Waals surface area contributed by atoms with Crippen molar-refractivity contribution in [3.05, 3.63) is 12.7 Å². The van der Waals surface area contributed by atoms with Crippen LogP contribution in [0, 0.1) is 5.92 Å².